The van der Waals surface area contributed by atoms with Gasteiger partial charge in [-0.05, 0) is 26.0 Å². The summed E-state index contributed by atoms with van der Waals surface area (Å²) in [6, 6.07) is 3.44. The van der Waals surface area contributed by atoms with Gasteiger partial charge in [0.15, 0.2) is 5.82 Å². The van der Waals surface area contributed by atoms with Gasteiger partial charge < -0.3 is 5.11 Å². The van der Waals surface area contributed by atoms with Crippen molar-refractivity contribution in [1.29, 1.82) is 0 Å². The Labute approximate surface area is 92.6 Å². The van der Waals surface area contributed by atoms with Gasteiger partial charge in [0.05, 0.1) is 6.20 Å². The molecule has 0 bridgehead atoms. The Morgan fingerprint density at radius 3 is 2.69 bits per heavy atom. The zero-order valence-electron chi connectivity index (χ0n) is 9.03. The van der Waals surface area contributed by atoms with Crippen molar-refractivity contribution in [3.05, 3.63) is 41.6 Å². The maximum Gasteiger partial charge on any atom is 0.156 e. The molecule has 2 aromatic heterocycles. The molecule has 0 aliphatic rings. The average molecular weight is 218 g/mol. The lowest BCUT2D eigenvalue weighted by Gasteiger charge is -2.06. The Kier molecular flexibility index (Phi) is 2.56. The van der Waals surface area contributed by atoms with Crippen LogP contribution in [-0.4, -0.2) is 15.1 Å². The number of nitrogens with zero attached hydrogens (tertiary/aromatic N) is 2. The molecule has 0 saturated carbocycles. The molecule has 3 nitrogen and oxygen atoms in total. The molecule has 0 spiro atoms. The van der Waals surface area contributed by atoms with E-state index in [1.54, 1.807) is 18.3 Å². The van der Waals surface area contributed by atoms with Crippen molar-refractivity contribution < 1.29 is 9.50 Å². The quantitative estimate of drug-likeness (QED) is 0.800. The molecule has 2 rings (SSSR count). The van der Waals surface area contributed by atoms with E-state index in [4.69, 9.17) is 0 Å². The summed E-state index contributed by atoms with van der Waals surface area (Å²) >= 11 is 0. The largest absolute Gasteiger partial charge is 0.506 e. The fourth-order valence-electron chi connectivity index (χ4n) is 1.46. The second-order valence-corrected chi connectivity index (χ2v) is 3.62. The van der Waals surface area contributed by atoms with E-state index >= 15 is 0 Å². The zero-order chi connectivity index (χ0) is 11.7. The number of rotatable bonds is 1. The monoisotopic (exact) mass is 218 g/mol. The number of hydrogen-bond donors (Lipinski definition) is 1. The van der Waals surface area contributed by atoms with Crippen LogP contribution in [0.15, 0.2) is 24.5 Å². The van der Waals surface area contributed by atoms with E-state index in [2.05, 4.69) is 9.97 Å². The molecule has 1 N–H and O–H groups in total. The molecule has 0 aromatic carbocycles. The summed E-state index contributed by atoms with van der Waals surface area (Å²) in [5, 5.41) is 9.31. The Morgan fingerprint density at radius 1 is 1.25 bits per heavy atom. The molecular formula is C12H11FN2O. The first-order valence-electron chi connectivity index (χ1n) is 4.86. The summed E-state index contributed by atoms with van der Waals surface area (Å²) in [4.78, 5) is 7.93. The third-order valence-electron chi connectivity index (χ3n) is 2.41. The van der Waals surface area contributed by atoms with Crippen LogP contribution in [0.3, 0.4) is 0 Å². The van der Waals surface area contributed by atoms with Crippen molar-refractivity contribution in [2.45, 2.75) is 13.8 Å². The van der Waals surface area contributed by atoms with Gasteiger partial charge in [-0.2, -0.15) is 0 Å². The van der Waals surface area contributed by atoms with Gasteiger partial charge in [0, 0.05) is 23.0 Å². The van der Waals surface area contributed by atoms with Crippen LogP contribution in [0.5, 0.6) is 5.75 Å². The van der Waals surface area contributed by atoms with Crippen molar-refractivity contribution in [3.8, 4) is 17.0 Å². The van der Waals surface area contributed by atoms with Crippen LogP contribution in [0.2, 0.25) is 0 Å². The normalized spacial score (nSPS) is 10.4. The number of hydrogen-bond acceptors (Lipinski definition) is 3. The first kappa shape index (κ1) is 10.5. The summed E-state index contributed by atoms with van der Waals surface area (Å²) in [5.41, 5.74) is 1.90. The predicted molar refractivity (Wildman–Crippen MR) is 58.6 cm³/mol. The van der Waals surface area contributed by atoms with E-state index in [9.17, 15) is 9.50 Å². The van der Waals surface area contributed by atoms with Gasteiger partial charge in [0.1, 0.15) is 11.4 Å². The molecule has 0 aliphatic carbocycles. The average Bonchev–Trinajstić information content (AvgIpc) is 2.26. The fourth-order valence-corrected chi connectivity index (χ4v) is 1.46. The molecular weight excluding hydrogens is 207 g/mol. The van der Waals surface area contributed by atoms with Gasteiger partial charge in [-0.3, -0.25) is 4.98 Å². The zero-order valence-corrected chi connectivity index (χ0v) is 9.03. The molecule has 0 unspecified atom stereocenters. The number of halogens is 1. The minimum absolute atomic E-state index is 0.132. The molecule has 0 radical (unpaired) electrons. The Balaban J connectivity index is 2.61. The first-order chi connectivity index (χ1) is 7.59. The Bertz CT molecular complexity index is 541. The van der Waals surface area contributed by atoms with Gasteiger partial charge in [0.25, 0.3) is 0 Å². The topological polar surface area (TPSA) is 46.0 Å². The Hall–Kier alpha value is -1.97. The summed E-state index contributed by atoms with van der Waals surface area (Å²) < 4.78 is 13.8. The SMILES string of the molecule is Cc1cc(-c2ncc(O)c(C)c2F)ccn1. The highest BCUT2D eigenvalue weighted by Crippen LogP contribution is 2.26. The highest BCUT2D eigenvalue weighted by atomic mass is 19.1. The number of aromatic nitrogens is 2. The summed E-state index contributed by atoms with van der Waals surface area (Å²) in [7, 11) is 0. The second-order valence-electron chi connectivity index (χ2n) is 3.62. The predicted octanol–water partition coefficient (Wildman–Crippen LogP) is 2.61. The molecule has 82 valence electrons. The number of pyridine rings is 2. The molecule has 0 atom stereocenters. The third-order valence-corrected chi connectivity index (χ3v) is 2.41. The minimum atomic E-state index is -0.495. The molecule has 0 amide bonds. The van der Waals surface area contributed by atoms with E-state index in [-0.39, 0.29) is 17.0 Å². The molecule has 2 heterocycles. The highest BCUT2D eigenvalue weighted by Gasteiger charge is 2.12. The van der Waals surface area contributed by atoms with Crippen LogP contribution in [0, 0.1) is 19.7 Å². The van der Waals surface area contributed by atoms with Gasteiger partial charge in [-0.25, -0.2) is 9.37 Å². The number of aromatic hydroxyl groups is 1. The smallest absolute Gasteiger partial charge is 0.156 e. The lowest BCUT2D eigenvalue weighted by atomic mass is 10.1. The molecule has 0 saturated heterocycles. The summed E-state index contributed by atoms with van der Waals surface area (Å²) in [6.07, 6.45) is 2.86. The van der Waals surface area contributed by atoms with Gasteiger partial charge in [-0.1, -0.05) is 0 Å². The summed E-state index contributed by atoms with van der Waals surface area (Å²) in [5.74, 6) is -0.627. The maximum absolute atomic E-state index is 13.8. The lowest BCUT2D eigenvalue weighted by Crippen LogP contribution is -1.94. The van der Waals surface area contributed by atoms with Crippen molar-refractivity contribution in [3.63, 3.8) is 0 Å². The fraction of sp³-hybridized carbons (Fsp3) is 0.167. The maximum atomic E-state index is 13.8. The lowest BCUT2D eigenvalue weighted by molar-refractivity contribution is 0.459. The van der Waals surface area contributed by atoms with Crippen LogP contribution in [0.4, 0.5) is 4.39 Å². The third kappa shape index (κ3) is 1.74. The van der Waals surface area contributed by atoms with E-state index < -0.39 is 5.82 Å². The van der Waals surface area contributed by atoms with Crippen LogP contribution in [0.25, 0.3) is 11.3 Å². The van der Waals surface area contributed by atoms with Crippen LogP contribution in [0.1, 0.15) is 11.3 Å². The summed E-state index contributed by atoms with van der Waals surface area (Å²) in [6.45, 7) is 3.35. The van der Waals surface area contributed by atoms with Crippen molar-refractivity contribution in [1.82, 2.24) is 9.97 Å². The van der Waals surface area contributed by atoms with Crippen molar-refractivity contribution >= 4 is 0 Å². The van der Waals surface area contributed by atoms with Crippen molar-refractivity contribution in [2.24, 2.45) is 0 Å². The van der Waals surface area contributed by atoms with Gasteiger partial charge >= 0.3 is 0 Å². The van der Waals surface area contributed by atoms with E-state index in [1.807, 2.05) is 6.92 Å². The van der Waals surface area contributed by atoms with Crippen molar-refractivity contribution in [2.75, 3.05) is 0 Å². The van der Waals surface area contributed by atoms with Crippen LogP contribution >= 0.6 is 0 Å². The highest BCUT2D eigenvalue weighted by molar-refractivity contribution is 5.61. The molecule has 4 heteroatoms. The van der Waals surface area contributed by atoms with Gasteiger partial charge in [0.2, 0.25) is 0 Å². The van der Waals surface area contributed by atoms with Gasteiger partial charge in [-0.15, -0.1) is 0 Å². The first-order valence-corrected chi connectivity index (χ1v) is 4.86. The Morgan fingerprint density at radius 2 is 2.00 bits per heavy atom. The molecule has 0 aliphatic heterocycles. The van der Waals surface area contributed by atoms with E-state index in [1.165, 1.54) is 13.1 Å². The van der Waals surface area contributed by atoms with Crippen LogP contribution in [-0.2, 0) is 0 Å². The second kappa shape index (κ2) is 3.89. The molecule has 0 fully saturated rings. The minimum Gasteiger partial charge on any atom is -0.506 e. The molecule has 16 heavy (non-hydrogen) atoms. The van der Waals surface area contributed by atoms with E-state index in [0.717, 1.165) is 5.69 Å². The van der Waals surface area contributed by atoms with E-state index in [0.29, 0.717) is 5.56 Å². The standard InChI is InChI=1S/C12H11FN2O/c1-7-5-9(3-4-14-7)12-11(13)8(2)10(16)6-15-12/h3-6,16H,1-2H3. The molecule has 2 aromatic rings. The van der Waals surface area contributed by atoms with Crippen LogP contribution < -0.4 is 0 Å². The number of aryl methyl sites for hydroxylation is 1.